The van der Waals surface area contributed by atoms with Gasteiger partial charge in [-0.25, -0.2) is 4.79 Å². The molecular weight excluding hydrogens is 285 g/mol. The summed E-state index contributed by atoms with van der Waals surface area (Å²) in [4.78, 5) is 10.9. The highest BCUT2D eigenvalue weighted by molar-refractivity contribution is 5.83. The van der Waals surface area contributed by atoms with Gasteiger partial charge in [-0.2, -0.15) is 30.7 Å². The zero-order chi connectivity index (χ0) is 15.6. The van der Waals surface area contributed by atoms with Crippen molar-refractivity contribution in [1.29, 1.82) is 0 Å². The van der Waals surface area contributed by atoms with Crippen LogP contribution in [0.4, 0.5) is 30.7 Å². The SMILES string of the molecule is CC(=CC(=O)OC(C)C)C(F)(F)C(F)(F)C(F)(F)F. The van der Waals surface area contributed by atoms with E-state index in [-0.39, 0.29) is 6.08 Å². The van der Waals surface area contributed by atoms with Gasteiger partial charge in [-0.1, -0.05) is 0 Å². The van der Waals surface area contributed by atoms with Gasteiger partial charge in [0.2, 0.25) is 0 Å². The fraction of sp³-hybridized carbons (Fsp3) is 0.700. The summed E-state index contributed by atoms with van der Waals surface area (Å²) in [5.74, 6) is -13.2. The maximum absolute atomic E-state index is 13.0. The van der Waals surface area contributed by atoms with Gasteiger partial charge in [0.15, 0.2) is 0 Å². The van der Waals surface area contributed by atoms with E-state index >= 15 is 0 Å². The Morgan fingerprint density at radius 2 is 1.47 bits per heavy atom. The van der Waals surface area contributed by atoms with E-state index in [0.717, 1.165) is 0 Å². The first-order valence-electron chi connectivity index (χ1n) is 4.95. The molecule has 0 aliphatic heterocycles. The highest BCUT2D eigenvalue weighted by Gasteiger charge is 2.73. The molecule has 0 aromatic heterocycles. The molecule has 0 saturated carbocycles. The first-order chi connectivity index (χ1) is 8.23. The van der Waals surface area contributed by atoms with Crippen LogP contribution in [0.25, 0.3) is 0 Å². The van der Waals surface area contributed by atoms with Gasteiger partial charge in [-0.3, -0.25) is 0 Å². The van der Waals surface area contributed by atoms with E-state index in [4.69, 9.17) is 0 Å². The largest absolute Gasteiger partial charge is 0.460 e. The van der Waals surface area contributed by atoms with Crippen molar-refractivity contribution in [2.24, 2.45) is 0 Å². The predicted molar refractivity (Wildman–Crippen MR) is 50.9 cm³/mol. The molecule has 2 nitrogen and oxygen atoms in total. The summed E-state index contributed by atoms with van der Waals surface area (Å²) in [6.07, 6.45) is -7.25. The summed E-state index contributed by atoms with van der Waals surface area (Å²) in [5.41, 5.74) is -1.74. The molecule has 0 spiro atoms. The fourth-order valence-corrected chi connectivity index (χ4v) is 0.959. The van der Waals surface area contributed by atoms with Crippen molar-refractivity contribution < 1.29 is 40.3 Å². The Labute approximate surface area is 104 Å². The molecule has 0 aliphatic rings. The van der Waals surface area contributed by atoms with Crippen LogP contribution in [-0.4, -0.2) is 30.1 Å². The van der Waals surface area contributed by atoms with Gasteiger partial charge in [0.25, 0.3) is 0 Å². The van der Waals surface area contributed by atoms with E-state index in [1.165, 1.54) is 13.8 Å². The molecule has 0 bridgehead atoms. The third kappa shape index (κ3) is 3.84. The second-order valence-electron chi connectivity index (χ2n) is 3.96. The smallest absolute Gasteiger partial charge is 0.460 e. The van der Waals surface area contributed by atoms with Crippen molar-refractivity contribution in [2.45, 2.75) is 44.9 Å². The van der Waals surface area contributed by atoms with Crippen molar-refractivity contribution in [1.82, 2.24) is 0 Å². The van der Waals surface area contributed by atoms with Crippen molar-refractivity contribution in [2.75, 3.05) is 0 Å². The fourth-order valence-electron chi connectivity index (χ4n) is 0.959. The summed E-state index contributed by atoms with van der Waals surface area (Å²) in [7, 11) is 0. The molecule has 0 amide bonds. The molecule has 0 aromatic rings. The lowest BCUT2D eigenvalue weighted by Crippen LogP contribution is -2.52. The van der Waals surface area contributed by atoms with Crippen LogP contribution in [0.15, 0.2) is 11.6 Å². The average molecular weight is 296 g/mol. The Morgan fingerprint density at radius 1 is 1.05 bits per heavy atom. The molecule has 0 saturated heterocycles. The molecule has 0 atom stereocenters. The standard InChI is InChI=1S/C10H11F7O2/c1-5(2)19-7(18)4-6(3)8(11,12)9(13,14)10(15,16)17/h4-5H,1-3H3. The Bertz CT molecular complexity index is 369. The number of alkyl halides is 7. The second-order valence-corrected chi connectivity index (χ2v) is 3.96. The molecule has 0 aliphatic carbocycles. The van der Waals surface area contributed by atoms with Crippen LogP contribution in [0.5, 0.6) is 0 Å². The van der Waals surface area contributed by atoms with Crippen LogP contribution in [0.3, 0.4) is 0 Å². The van der Waals surface area contributed by atoms with Gasteiger partial charge >= 0.3 is 24.0 Å². The van der Waals surface area contributed by atoms with Crippen LogP contribution in [0, 0.1) is 0 Å². The third-order valence-electron chi connectivity index (χ3n) is 1.93. The van der Waals surface area contributed by atoms with Crippen molar-refractivity contribution >= 4 is 5.97 Å². The zero-order valence-corrected chi connectivity index (χ0v) is 10.1. The topological polar surface area (TPSA) is 26.3 Å². The Kier molecular flexibility index (Phi) is 5.01. The van der Waals surface area contributed by atoms with E-state index in [1.807, 2.05) is 0 Å². The van der Waals surface area contributed by atoms with Gasteiger partial charge in [-0.05, 0) is 20.8 Å². The van der Waals surface area contributed by atoms with Gasteiger partial charge in [-0.15, -0.1) is 0 Å². The Balaban J connectivity index is 5.32. The normalized spacial score (nSPS) is 14.8. The summed E-state index contributed by atoms with van der Waals surface area (Å²) in [6, 6.07) is 0. The minimum absolute atomic E-state index is 0.0837. The molecule has 112 valence electrons. The van der Waals surface area contributed by atoms with Gasteiger partial charge < -0.3 is 4.74 Å². The van der Waals surface area contributed by atoms with E-state index in [0.29, 0.717) is 6.92 Å². The molecule has 0 fully saturated rings. The summed E-state index contributed by atoms with van der Waals surface area (Å²) in [6.45, 7) is 2.99. The summed E-state index contributed by atoms with van der Waals surface area (Å²) in [5, 5.41) is 0. The number of ether oxygens (including phenoxy) is 1. The van der Waals surface area contributed by atoms with E-state index < -0.39 is 35.7 Å². The lowest BCUT2D eigenvalue weighted by molar-refractivity contribution is -0.344. The number of halogens is 7. The lowest BCUT2D eigenvalue weighted by atomic mass is 10.0. The predicted octanol–water partition coefficient (Wildman–Crippen LogP) is 3.72. The lowest BCUT2D eigenvalue weighted by Gasteiger charge is -2.28. The Morgan fingerprint density at radius 3 is 1.79 bits per heavy atom. The molecule has 0 N–H and O–H groups in total. The van der Waals surface area contributed by atoms with Crippen LogP contribution < -0.4 is 0 Å². The molecule has 9 heteroatoms. The van der Waals surface area contributed by atoms with Gasteiger partial charge in [0, 0.05) is 11.6 Å². The zero-order valence-electron chi connectivity index (χ0n) is 10.1. The second kappa shape index (κ2) is 5.38. The third-order valence-corrected chi connectivity index (χ3v) is 1.93. The molecule has 0 radical (unpaired) electrons. The quantitative estimate of drug-likeness (QED) is 0.449. The van der Waals surface area contributed by atoms with Crippen LogP contribution in [0.2, 0.25) is 0 Å². The minimum atomic E-state index is -6.44. The number of allylic oxidation sites excluding steroid dienone is 1. The summed E-state index contributed by atoms with van der Waals surface area (Å²) >= 11 is 0. The monoisotopic (exact) mass is 296 g/mol. The first-order valence-corrected chi connectivity index (χ1v) is 4.95. The van der Waals surface area contributed by atoms with Crippen LogP contribution in [0.1, 0.15) is 20.8 Å². The number of esters is 1. The van der Waals surface area contributed by atoms with Crippen molar-refractivity contribution in [3.05, 3.63) is 11.6 Å². The number of carbonyl (C=O) groups is 1. The minimum Gasteiger partial charge on any atom is -0.460 e. The summed E-state index contributed by atoms with van der Waals surface area (Å²) < 4.78 is 91.2. The molecule has 19 heavy (non-hydrogen) atoms. The number of rotatable bonds is 4. The average Bonchev–Trinajstić information content (AvgIpc) is 2.13. The molecule has 0 unspecified atom stereocenters. The maximum atomic E-state index is 13.0. The molecule has 0 heterocycles. The molecular formula is C10H11F7O2. The van der Waals surface area contributed by atoms with Crippen molar-refractivity contribution in [3.8, 4) is 0 Å². The molecule has 0 aromatic carbocycles. The van der Waals surface area contributed by atoms with Crippen LogP contribution >= 0.6 is 0 Å². The number of hydrogen-bond donors (Lipinski definition) is 0. The van der Waals surface area contributed by atoms with Crippen molar-refractivity contribution in [3.63, 3.8) is 0 Å². The number of carbonyl (C=O) groups excluding carboxylic acids is 1. The van der Waals surface area contributed by atoms with Gasteiger partial charge in [0.1, 0.15) is 0 Å². The Hall–Kier alpha value is -1.28. The van der Waals surface area contributed by atoms with E-state index in [2.05, 4.69) is 4.74 Å². The maximum Gasteiger partial charge on any atom is 0.460 e. The highest BCUT2D eigenvalue weighted by Crippen LogP contribution is 2.49. The van der Waals surface area contributed by atoms with E-state index in [1.54, 1.807) is 0 Å². The number of hydrogen-bond acceptors (Lipinski definition) is 2. The van der Waals surface area contributed by atoms with Gasteiger partial charge in [0.05, 0.1) is 6.10 Å². The first kappa shape index (κ1) is 17.7. The highest BCUT2D eigenvalue weighted by atomic mass is 19.4. The van der Waals surface area contributed by atoms with Crippen LogP contribution in [-0.2, 0) is 9.53 Å². The molecule has 0 rings (SSSR count). The van der Waals surface area contributed by atoms with E-state index in [9.17, 15) is 35.5 Å².